The van der Waals surface area contributed by atoms with Crippen molar-refractivity contribution in [2.45, 2.75) is 25.3 Å². The zero-order chi connectivity index (χ0) is 20.5. The lowest BCUT2D eigenvalue weighted by Gasteiger charge is -2.20. The molecule has 0 aliphatic carbocycles. The largest absolute Gasteiger partial charge is 0.591 e. The predicted octanol–water partition coefficient (Wildman–Crippen LogP) is 2.58. The van der Waals surface area contributed by atoms with Crippen LogP contribution in [0.2, 0.25) is 5.02 Å². The lowest BCUT2D eigenvalue weighted by atomic mass is 10.1. The van der Waals surface area contributed by atoms with Crippen molar-refractivity contribution in [2.75, 3.05) is 18.5 Å². The van der Waals surface area contributed by atoms with Crippen molar-refractivity contribution in [3.05, 3.63) is 58.9 Å². The summed E-state index contributed by atoms with van der Waals surface area (Å²) in [7, 11) is -2.76. The smallest absolute Gasteiger partial charge is 0.348 e. The third-order valence-corrected chi connectivity index (χ3v) is 5.12. The molecule has 28 heavy (non-hydrogen) atoms. The van der Waals surface area contributed by atoms with E-state index in [0.29, 0.717) is 18.3 Å². The molecule has 3 rings (SSSR count). The number of piperidine rings is 1. The summed E-state index contributed by atoms with van der Waals surface area (Å²) in [5.41, 5.74) is 0.500. The Morgan fingerprint density at radius 2 is 2.11 bits per heavy atom. The average molecular weight is 427 g/mol. The molecule has 2 aromatic rings. The van der Waals surface area contributed by atoms with E-state index in [9.17, 15) is 18.6 Å². The molecule has 2 atom stereocenters. The second-order valence-corrected chi connectivity index (χ2v) is 7.66. The Morgan fingerprint density at radius 3 is 2.68 bits per heavy atom. The summed E-state index contributed by atoms with van der Waals surface area (Å²) in [4.78, 5) is 22.8. The number of aliphatic hydroxyl groups is 1. The van der Waals surface area contributed by atoms with Crippen molar-refractivity contribution in [3.8, 4) is 0 Å². The Kier molecular flexibility index (Phi) is 8.96. The van der Waals surface area contributed by atoms with Crippen LogP contribution >= 0.6 is 19.6 Å². The minimum atomic E-state index is -2.76. The van der Waals surface area contributed by atoms with Crippen LogP contribution in [0.15, 0.2) is 42.5 Å². The van der Waals surface area contributed by atoms with E-state index in [2.05, 4.69) is 10.6 Å². The third kappa shape index (κ3) is 6.93. The minimum Gasteiger partial charge on any atom is -0.591 e. The van der Waals surface area contributed by atoms with Gasteiger partial charge < -0.3 is 20.6 Å². The Morgan fingerprint density at radius 1 is 1.32 bits per heavy atom. The molecule has 1 amide bonds. The molecule has 6 nitrogen and oxygen atoms in total. The fourth-order valence-corrected chi connectivity index (χ4v) is 3.25. The normalized spacial score (nSPS) is 16.6. The van der Waals surface area contributed by atoms with Gasteiger partial charge >= 0.3 is 8.03 Å². The van der Waals surface area contributed by atoms with Gasteiger partial charge in [-0.2, -0.15) is 0 Å². The topological polar surface area (TPSA) is 101 Å². The van der Waals surface area contributed by atoms with Crippen LogP contribution in [0.3, 0.4) is 0 Å². The van der Waals surface area contributed by atoms with Crippen LogP contribution in [0.25, 0.3) is 0 Å². The molecule has 0 bridgehead atoms. The van der Waals surface area contributed by atoms with Gasteiger partial charge in [0.15, 0.2) is 5.30 Å². The van der Waals surface area contributed by atoms with Crippen molar-refractivity contribution < 1.29 is 23.7 Å². The summed E-state index contributed by atoms with van der Waals surface area (Å²) < 4.78 is 23.9. The third-order valence-electron chi connectivity index (χ3n) is 4.13. The van der Waals surface area contributed by atoms with Crippen LogP contribution < -0.4 is 20.8 Å². The van der Waals surface area contributed by atoms with Gasteiger partial charge in [0.05, 0.1) is 11.6 Å². The van der Waals surface area contributed by atoms with Gasteiger partial charge in [0.2, 0.25) is 0 Å². The standard InChI is InChI=1S/C13H8ClFNO3P.C6H13NO/c14-11-7-9(4-5-12(11)15)16-13(17)8-2-1-3-10(6-8)20(18)19;8-5-6-3-1-2-4-7-6/h1-7H,(H,16,17);6-8H,1-5H2. The Labute approximate surface area is 168 Å². The molecule has 0 radical (unpaired) electrons. The van der Waals surface area contributed by atoms with Gasteiger partial charge in [-0.1, -0.05) is 28.7 Å². The van der Waals surface area contributed by atoms with Crippen molar-refractivity contribution in [3.63, 3.8) is 0 Å². The van der Waals surface area contributed by atoms with Crippen molar-refractivity contribution in [1.29, 1.82) is 0 Å². The van der Waals surface area contributed by atoms with Crippen LogP contribution in [0.4, 0.5) is 10.1 Å². The molecule has 2 aromatic carbocycles. The summed E-state index contributed by atoms with van der Waals surface area (Å²) in [6.07, 6.45) is 3.70. The number of benzene rings is 2. The summed E-state index contributed by atoms with van der Waals surface area (Å²) in [5.74, 6) is -1.10. The summed E-state index contributed by atoms with van der Waals surface area (Å²) in [5, 5.41) is 14.3. The number of aliphatic hydroxyl groups excluding tert-OH is 1. The zero-order valence-corrected chi connectivity index (χ0v) is 16.7. The van der Waals surface area contributed by atoms with E-state index in [1.807, 2.05) is 0 Å². The number of anilines is 1. The zero-order valence-electron chi connectivity index (χ0n) is 15.0. The Balaban J connectivity index is 0.000000292. The lowest BCUT2D eigenvalue weighted by Crippen LogP contribution is -2.36. The molecule has 3 N–H and O–H groups in total. The van der Waals surface area contributed by atoms with Gasteiger partial charge in [-0.15, -0.1) is 0 Å². The van der Waals surface area contributed by atoms with E-state index in [1.54, 1.807) is 0 Å². The van der Waals surface area contributed by atoms with Crippen molar-refractivity contribution in [1.82, 2.24) is 5.32 Å². The number of halogens is 2. The molecular weight excluding hydrogens is 406 g/mol. The van der Waals surface area contributed by atoms with Crippen LogP contribution in [0.1, 0.15) is 29.6 Å². The van der Waals surface area contributed by atoms with E-state index >= 15 is 0 Å². The SMILES string of the molecule is O=C(Nc1ccc(F)c(Cl)c1)c1cccc([P+](=O)[O-])c1.OCC1CCCCN1. The second kappa shape index (κ2) is 11.2. The maximum Gasteiger partial charge on any atom is 0.348 e. The highest BCUT2D eigenvalue weighted by Crippen LogP contribution is 2.20. The van der Waals surface area contributed by atoms with E-state index in [4.69, 9.17) is 16.7 Å². The maximum absolute atomic E-state index is 13.0. The first-order valence-electron chi connectivity index (χ1n) is 8.76. The van der Waals surface area contributed by atoms with E-state index in [-0.39, 0.29) is 15.9 Å². The van der Waals surface area contributed by atoms with Gasteiger partial charge in [-0.05, 0) is 49.7 Å². The molecule has 0 spiro atoms. The first kappa shape index (κ1) is 22.4. The molecule has 1 fully saturated rings. The minimum absolute atomic E-state index is 0.0461. The highest BCUT2D eigenvalue weighted by molar-refractivity contribution is 7.45. The molecule has 1 heterocycles. The molecule has 2 unspecified atom stereocenters. The number of amides is 1. The fraction of sp³-hybridized carbons (Fsp3) is 0.316. The van der Waals surface area contributed by atoms with Crippen LogP contribution in [-0.4, -0.2) is 30.2 Å². The number of hydrogen-bond donors (Lipinski definition) is 3. The van der Waals surface area contributed by atoms with Gasteiger partial charge in [0.1, 0.15) is 5.82 Å². The van der Waals surface area contributed by atoms with Crippen LogP contribution in [0.5, 0.6) is 0 Å². The molecule has 0 saturated carbocycles. The number of carbonyl (C=O) groups excluding carboxylic acids is 1. The number of carbonyl (C=O) groups is 1. The van der Waals surface area contributed by atoms with E-state index in [0.717, 1.165) is 19.0 Å². The Hall–Kier alpha value is -1.89. The highest BCUT2D eigenvalue weighted by atomic mass is 35.5. The first-order valence-corrected chi connectivity index (χ1v) is 10.3. The van der Waals surface area contributed by atoms with Crippen molar-refractivity contribution >= 4 is 36.5 Å². The molecule has 1 saturated heterocycles. The monoisotopic (exact) mass is 426 g/mol. The number of rotatable bonds is 4. The van der Waals surface area contributed by atoms with Gasteiger partial charge in [0.25, 0.3) is 5.91 Å². The summed E-state index contributed by atoms with van der Waals surface area (Å²) >= 11 is 5.60. The van der Waals surface area contributed by atoms with Crippen LogP contribution in [0, 0.1) is 5.82 Å². The molecule has 0 aromatic heterocycles. The van der Waals surface area contributed by atoms with Gasteiger partial charge in [-0.3, -0.25) is 4.79 Å². The van der Waals surface area contributed by atoms with E-state index < -0.39 is 19.8 Å². The highest BCUT2D eigenvalue weighted by Gasteiger charge is 2.13. The second-order valence-electron chi connectivity index (χ2n) is 6.22. The lowest BCUT2D eigenvalue weighted by molar-refractivity contribution is -0.160. The average Bonchev–Trinajstić information content (AvgIpc) is 2.72. The first-order chi connectivity index (χ1) is 13.4. The predicted molar refractivity (Wildman–Crippen MR) is 106 cm³/mol. The van der Waals surface area contributed by atoms with E-state index in [1.165, 1.54) is 49.2 Å². The number of hydrogen-bond acceptors (Lipinski definition) is 5. The quantitative estimate of drug-likeness (QED) is 0.652. The maximum atomic E-state index is 13.0. The molecule has 150 valence electrons. The summed E-state index contributed by atoms with van der Waals surface area (Å²) in [6, 6.07) is 9.73. The van der Waals surface area contributed by atoms with Crippen molar-refractivity contribution in [2.24, 2.45) is 0 Å². The molecular formula is C19H21ClFN2O4P. The molecule has 1 aliphatic heterocycles. The fourth-order valence-electron chi connectivity index (χ4n) is 2.62. The Bertz CT molecular complexity index is 831. The van der Waals surface area contributed by atoms with Gasteiger partial charge in [-0.25, -0.2) is 4.39 Å². The van der Waals surface area contributed by atoms with Gasteiger partial charge in [0, 0.05) is 23.4 Å². The number of nitrogens with one attached hydrogen (secondary N) is 2. The molecule has 9 heteroatoms. The molecule has 1 aliphatic rings. The summed E-state index contributed by atoms with van der Waals surface area (Å²) in [6.45, 7) is 1.39. The van der Waals surface area contributed by atoms with Crippen LogP contribution in [-0.2, 0) is 4.57 Å².